The average Bonchev–Trinajstić information content (AvgIpc) is 3.21. The van der Waals surface area contributed by atoms with E-state index in [-0.39, 0.29) is 12.4 Å². The number of halogens is 2. The molecule has 0 aliphatic carbocycles. The third-order valence-electron chi connectivity index (χ3n) is 5.27. The Morgan fingerprint density at radius 1 is 1.13 bits per heavy atom. The van der Waals surface area contributed by atoms with Crippen LogP contribution in [0.5, 0.6) is 5.75 Å². The number of carboxylic acids is 1. The lowest BCUT2D eigenvalue weighted by atomic mass is 9.96. The average molecular weight is 482 g/mol. The molecule has 0 aliphatic heterocycles. The number of aliphatic carboxylic acids is 1. The Morgan fingerprint density at radius 2 is 1.97 bits per heavy atom. The Morgan fingerprint density at radius 3 is 2.74 bits per heavy atom. The number of nitrogens with one attached hydrogen (secondary N) is 1. The number of rotatable bonds is 7. The first-order valence-corrected chi connectivity index (χ1v) is 10.7. The van der Waals surface area contributed by atoms with E-state index < -0.39 is 11.9 Å². The van der Waals surface area contributed by atoms with Crippen molar-refractivity contribution in [1.29, 1.82) is 0 Å². The van der Waals surface area contributed by atoms with Crippen LogP contribution < -0.4 is 4.74 Å². The number of fused-ring (bicyclic) bond motifs is 1. The summed E-state index contributed by atoms with van der Waals surface area (Å²) in [5, 5.41) is 10.3. The minimum absolute atomic E-state index is 0.0867. The van der Waals surface area contributed by atoms with Crippen LogP contribution in [-0.2, 0) is 17.8 Å². The van der Waals surface area contributed by atoms with Crippen LogP contribution in [0.3, 0.4) is 0 Å². The van der Waals surface area contributed by atoms with Crippen LogP contribution in [0.2, 0.25) is 0 Å². The smallest absolute Gasteiger partial charge is 0.306 e. The number of carboxylic acid groups (broad SMARTS) is 1. The number of hydrogen-bond donors (Lipinski definition) is 2. The van der Waals surface area contributed by atoms with Crippen molar-refractivity contribution in [3.05, 3.63) is 88.3 Å². The minimum Gasteiger partial charge on any atom is -0.488 e. The van der Waals surface area contributed by atoms with E-state index in [1.807, 2.05) is 42.6 Å². The van der Waals surface area contributed by atoms with Gasteiger partial charge in [-0.3, -0.25) is 4.79 Å². The summed E-state index contributed by atoms with van der Waals surface area (Å²) in [4.78, 5) is 14.5. The molecular weight excluding hydrogens is 461 g/mol. The molecule has 0 saturated carbocycles. The monoisotopic (exact) mass is 481 g/mol. The van der Waals surface area contributed by atoms with Gasteiger partial charge in [0, 0.05) is 27.3 Å². The van der Waals surface area contributed by atoms with Crippen molar-refractivity contribution in [3.8, 4) is 16.9 Å². The maximum Gasteiger partial charge on any atom is 0.306 e. The molecule has 4 rings (SSSR count). The van der Waals surface area contributed by atoms with E-state index in [0.29, 0.717) is 22.2 Å². The molecule has 0 bridgehead atoms. The van der Waals surface area contributed by atoms with Crippen molar-refractivity contribution < 1.29 is 19.0 Å². The van der Waals surface area contributed by atoms with Gasteiger partial charge in [-0.15, -0.1) is 0 Å². The van der Waals surface area contributed by atoms with Crippen LogP contribution in [-0.4, -0.2) is 16.1 Å². The summed E-state index contributed by atoms with van der Waals surface area (Å²) in [7, 11) is 0. The summed E-state index contributed by atoms with van der Waals surface area (Å²) in [6.07, 6.45) is 2.30. The molecule has 1 unspecified atom stereocenters. The van der Waals surface area contributed by atoms with Crippen molar-refractivity contribution in [2.45, 2.75) is 20.0 Å². The van der Waals surface area contributed by atoms with E-state index in [0.717, 1.165) is 27.6 Å². The van der Waals surface area contributed by atoms with Gasteiger partial charge < -0.3 is 14.8 Å². The molecule has 1 heterocycles. The number of aromatic nitrogens is 1. The Kier molecular flexibility index (Phi) is 6.09. The lowest BCUT2D eigenvalue weighted by Crippen LogP contribution is -2.12. The van der Waals surface area contributed by atoms with E-state index >= 15 is 0 Å². The van der Waals surface area contributed by atoms with Gasteiger partial charge in [-0.2, -0.15) is 0 Å². The Labute approximate surface area is 187 Å². The summed E-state index contributed by atoms with van der Waals surface area (Å²) in [5.74, 6) is -1.05. The summed E-state index contributed by atoms with van der Waals surface area (Å²) in [6.45, 7) is 1.78. The first-order valence-electron chi connectivity index (χ1n) is 9.90. The molecule has 3 aromatic carbocycles. The quantitative estimate of drug-likeness (QED) is 0.313. The molecule has 1 atom stereocenters. The van der Waals surface area contributed by atoms with Crippen molar-refractivity contribution in [1.82, 2.24) is 4.98 Å². The van der Waals surface area contributed by atoms with Gasteiger partial charge in [-0.1, -0.05) is 41.1 Å². The predicted molar refractivity (Wildman–Crippen MR) is 123 cm³/mol. The molecule has 0 saturated heterocycles. The van der Waals surface area contributed by atoms with Crippen molar-refractivity contribution in [3.63, 3.8) is 0 Å². The molecule has 4 aromatic rings. The summed E-state index contributed by atoms with van der Waals surface area (Å²) in [6, 6.07) is 18.6. The molecule has 31 heavy (non-hydrogen) atoms. The van der Waals surface area contributed by atoms with E-state index in [2.05, 4.69) is 27.0 Å². The number of H-pyrrole nitrogens is 1. The Hall–Kier alpha value is -3.12. The normalized spacial score (nSPS) is 12.1. The van der Waals surface area contributed by atoms with E-state index in [1.165, 1.54) is 6.07 Å². The largest absolute Gasteiger partial charge is 0.488 e. The third-order valence-corrected chi connectivity index (χ3v) is 5.76. The van der Waals surface area contributed by atoms with Crippen LogP contribution >= 0.6 is 15.9 Å². The predicted octanol–water partition coefficient (Wildman–Crippen LogP) is 6.58. The molecule has 0 spiro atoms. The van der Waals surface area contributed by atoms with Crippen LogP contribution in [0, 0.1) is 11.7 Å². The molecule has 6 heteroatoms. The number of ether oxygens (including phenoxy) is 1. The second kappa shape index (κ2) is 8.94. The molecule has 0 amide bonds. The Balaban J connectivity index is 1.69. The van der Waals surface area contributed by atoms with Gasteiger partial charge in [0.25, 0.3) is 0 Å². The summed E-state index contributed by atoms with van der Waals surface area (Å²) in [5.41, 5.74) is 4.18. The second-order valence-corrected chi connectivity index (χ2v) is 8.49. The van der Waals surface area contributed by atoms with Crippen molar-refractivity contribution >= 4 is 32.8 Å². The van der Waals surface area contributed by atoms with Gasteiger partial charge in [0.15, 0.2) is 0 Å². The second-order valence-electron chi connectivity index (χ2n) is 7.58. The highest BCUT2D eigenvalue weighted by Crippen LogP contribution is 2.34. The van der Waals surface area contributed by atoms with Gasteiger partial charge in [-0.05, 0) is 65.4 Å². The fraction of sp³-hybridized carbons (Fsp3) is 0.160. The first-order chi connectivity index (χ1) is 14.9. The first kappa shape index (κ1) is 21.1. The van der Waals surface area contributed by atoms with E-state index in [1.54, 1.807) is 19.1 Å². The zero-order chi connectivity index (χ0) is 22.0. The highest BCUT2D eigenvalue weighted by Gasteiger charge is 2.15. The summed E-state index contributed by atoms with van der Waals surface area (Å²) >= 11 is 3.26. The van der Waals surface area contributed by atoms with Crippen LogP contribution in [0.1, 0.15) is 18.1 Å². The maximum absolute atomic E-state index is 14.2. The van der Waals surface area contributed by atoms with Crippen LogP contribution in [0.4, 0.5) is 4.39 Å². The number of hydrogen-bond acceptors (Lipinski definition) is 2. The molecular formula is C25H21BrFNO3. The van der Waals surface area contributed by atoms with Gasteiger partial charge >= 0.3 is 5.97 Å². The zero-order valence-electron chi connectivity index (χ0n) is 16.9. The van der Waals surface area contributed by atoms with Crippen molar-refractivity contribution in [2.24, 2.45) is 5.92 Å². The SMILES string of the molecule is CC(Cc1ccc(OCc2ccc(Br)cc2F)c(-c2ccc3[nH]ccc3c2)c1)C(=O)O. The number of benzene rings is 3. The lowest BCUT2D eigenvalue weighted by Gasteiger charge is -2.15. The van der Waals surface area contributed by atoms with Gasteiger partial charge in [-0.25, -0.2) is 4.39 Å². The number of carbonyl (C=O) groups is 1. The molecule has 2 N–H and O–H groups in total. The Bertz CT molecular complexity index is 1250. The van der Waals surface area contributed by atoms with Gasteiger partial charge in [0.2, 0.25) is 0 Å². The highest BCUT2D eigenvalue weighted by molar-refractivity contribution is 9.10. The van der Waals surface area contributed by atoms with Crippen LogP contribution in [0.25, 0.3) is 22.0 Å². The highest BCUT2D eigenvalue weighted by atomic mass is 79.9. The number of aromatic amines is 1. The van der Waals surface area contributed by atoms with E-state index in [9.17, 15) is 14.3 Å². The van der Waals surface area contributed by atoms with E-state index in [4.69, 9.17) is 4.74 Å². The third kappa shape index (κ3) is 4.80. The molecule has 158 valence electrons. The molecule has 0 fully saturated rings. The molecule has 4 nitrogen and oxygen atoms in total. The molecule has 1 aromatic heterocycles. The molecule has 0 aliphatic rings. The fourth-order valence-corrected chi connectivity index (χ4v) is 3.84. The van der Waals surface area contributed by atoms with Gasteiger partial charge in [0.1, 0.15) is 18.2 Å². The zero-order valence-corrected chi connectivity index (χ0v) is 18.4. The minimum atomic E-state index is -0.832. The standard InChI is InChI=1S/C25H21BrFNO3/c1-15(25(29)30)10-16-2-7-24(31-14-19-3-5-20(26)13-22(19)27)21(11-16)17-4-6-23-18(12-17)8-9-28-23/h2-9,11-13,15,28H,10,14H2,1H3,(H,29,30). The van der Waals surface area contributed by atoms with Gasteiger partial charge in [0.05, 0.1) is 5.92 Å². The molecule has 0 radical (unpaired) electrons. The van der Waals surface area contributed by atoms with Crippen LogP contribution in [0.15, 0.2) is 71.3 Å². The lowest BCUT2D eigenvalue weighted by molar-refractivity contribution is -0.141. The summed E-state index contributed by atoms with van der Waals surface area (Å²) < 4.78 is 20.9. The fourth-order valence-electron chi connectivity index (χ4n) is 3.51. The topological polar surface area (TPSA) is 62.3 Å². The van der Waals surface area contributed by atoms with Crippen molar-refractivity contribution in [2.75, 3.05) is 0 Å². The maximum atomic E-state index is 14.2.